The molecule has 336 valence electrons. The Bertz CT molecular complexity index is 1940. The highest BCUT2D eigenvalue weighted by atomic mass is 16.7. The number of carbonyl (C=O) groups is 4. The minimum Gasteiger partial charge on any atom is -0.458 e. The number of carbonyl (C=O) groups excluding carboxylic acids is 4. The highest BCUT2D eigenvalue weighted by molar-refractivity contribution is 6.00. The molecular weight excluding hydrogens is 791 g/mol. The van der Waals surface area contributed by atoms with Crippen molar-refractivity contribution in [1.29, 1.82) is 0 Å². The van der Waals surface area contributed by atoms with Crippen LogP contribution >= 0.6 is 0 Å². The van der Waals surface area contributed by atoms with E-state index in [0.717, 1.165) is 16.8 Å². The first-order chi connectivity index (χ1) is 28.8. The topological polar surface area (TPSA) is 216 Å². The summed E-state index contributed by atoms with van der Waals surface area (Å²) in [4.78, 5) is 62.0. The van der Waals surface area contributed by atoms with E-state index in [9.17, 15) is 24.3 Å². The second kappa shape index (κ2) is 18.6. The largest absolute Gasteiger partial charge is 0.458 e. The third-order valence-corrected chi connectivity index (χ3v) is 13.4. The van der Waals surface area contributed by atoms with Gasteiger partial charge < -0.3 is 28.8 Å². The Labute approximate surface area is 357 Å². The Kier molecular flexibility index (Phi) is 14.1. The molecule has 4 aliphatic heterocycles. The number of esters is 1. The van der Waals surface area contributed by atoms with Gasteiger partial charge in [0.05, 0.1) is 36.6 Å². The molecule has 0 spiro atoms. The summed E-state index contributed by atoms with van der Waals surface area (Å²) >= 11 is 0. The molecule has 1 aromatic carbocycles. The van der Waals surface area contributed by atoms with Crippen LogP contribution in [0.5, 0.6) is 0 Å². The first-order valence-corrected chi connectivity index (χ1v) is 21.3. The average Bonchev–Trinajstić information content (AvgIpc) is 3.74. The number of aliphatic imine (C=N–C) groups is 1. The molecule has 0 radical (unpaired) electrons. The van der Waals surface area contributed by atoms with Gasteiger partial charge in [0, 0.05) is 49.4 Å². The number of hydrogen-bond acceptors (Lipinski definition) is 15. The van der Waals surface area contributed by atoms with Crippen molar-refractivity contribution in [2.75, 3.05) is 27.2 Å². The molecule has 18 nitrogen and oxygen atoms in total. The van der Waals surface area contributed by atoms with Gasteiger partial charge in [0.25, 0.3) is 5.91 Å². The van der Waals surface area contributed by atoms with Crippen LogP contribution in [0.3, 0.4) is 0 Å². The van der Waals surface area contributed by atoms with Gasteiger partial charge >= 0.3 is 12.1 Å². The van der Waals surface area contributed by atoms with E-state index in [-0.39, 0.29) is 24.5 Å². The normalized spacial score (nSPS) is 36.1. The lowest BCUT2D eigenvalue weighted by atomic mass is 9.73. The molecule has 2 aromatic rings. The third kappa shape index (κ3) is 9.25. The number of methoxy groups -OCH3 is 1. The van der Waals surface area contributed by atoms with Crippen LogP contribution in [0.1, 0.15) is 80.2 Å². The van der Waals surface area contributed by atoms with E-state index in [0.29, 0.717) is 44.6 Å². The van der Waals surface area contributed by atoms with Crippen LogP contribution in [0.15, 0.2) is 35.5 Å². The summed E-state index contributed by atoms with van der Waals surface area (Å²) in [6, 6.07) is 6.81. The number of fused-ring (bicyclic) bond motifs is 1. The summed E-state index contributed by atoms with van der Waals surface area (Å²) < 4.78 is 33.0. The summed E-state index contributed by atoms with van der Waals surface area (Å²) in [7, 11) is 3.48. The molecule has 2 amide bonds. The van der Waals surface area contributed by atoms with Crippen LogP contribution in [0, 0.1) is 23.7 Å². The summed E-state index contributed by atoms with van der Waals surface area (Å²) in [5.41, 5.74) is 2.40. The fourth-order valence-electron chi connectivity index (χ4n) is 10.1. The Morgan fingerprint density at radius 2 is 1.79 bits per heavy atom. The van der Waals surface area contributed by atoms with Crippen molar-refractivity contribution in [3.63, 3.8) is 0 Å². The molecule has 0 aliphatic carbocycles. The molecular formula is C43H63N7O11. The zero-order chi connectivity index (χ0) is 44.6. The van der Waals surface area contributed by atoms with Gasteiger partial charge in [0.1, 0.15) is 30.4 Å². The van der Waals surface area contributed by atoms with Crippen molar-refractivity contribution in [1.82, 2.24) is 30.3 Å². The number of aliphatic hydroxyl groups is 1. The van der Waals surface area contributed by atoms with Crippen molar-refractivity contribution >= 4 is 29.5 Å². The first kappa shape index (κ1) is 46.2. The number of aliphatic hydroxyl groups excluding tert-OH is 1. The molecule has 0 saturated carbocycles. The van der Waals surface area contributed by atoms with E-state index in [2.05, 4.69) is 17.2 Å². The number of amides is 2. The molecule has 3 N–H and O–H groups in total. The summed E-state index contributed by atoms with van der Waals surface area (Å²) in [5.74, 6) is -4.37. The van der Waals surface area contributed by atoms with Crippen LogP contribution < -0.4 is 5.48 Å². The number of hydrogen-bond donors (Lipinski definition) is 3. The smallest absolute Gasteiger partial charge is 0.410 e. The van der Waals surface area contributed by atoms with Gasteiger partial charge in [-0.15, -0.1) is 5.10 Å². The van der Waals surface area contributed by atoms with Crippen molar-refractivity contribution in [2.24, 2.45) is 28.7 Å². The van der Waals surface area contributed by atoms with Gasteiger partial charge in [-0.25, -0.2) is 15.0 Å². The van der Waals surface area contributed by atoms with Gasteiger partial charge in [-0.05, 0) is 65.5 Å². The fourth-order valence-corrected chi connectivity index (χ4v) is 10.1. The third-order valence-electron chi connectivity index (χ3n) is 13.4. The summed E-state index contributed by atoms with van der Waals surface area (Å²) in [5, 5.41) is 28.9. The van der Waals surface area contributed by atoms with Gasteiger partial charge in [-0.1, -0.05) is 57.2 Å². The van der Waals surface area contributed by atoms with Crippen LogP contribution in [0.2, 0.25) is 0 Å². The summed E-state index contributed by atoms with van der Waals surface area (Å²) in [6.45, 7) is 15.8. The van der Waals surface area contributed by atoms with Crippen LogP contribution in [-0.4, -0.2) is 146 Å². The highest BCUT2D eigenvalue weighted by Gasteiger charge is 2.60. The van der Waals surface area contributed by atoms with Crippen molar-refractivity contribution < 1.29 is 53.2 Å². The second-order valence-corrected chi connectivity index (χ2v) is 17.8. The maximum atomic E-state index is 14.4. The number of likely N-dealkylation sites (N-methyl/N-ethyl adjacent to an activating group) is 1. The maximum Gasteiger partial charge on any atom is 0.410 e. The number of nitrogens with one attached hydrogen (secondary N) is 1. The van der Waals surface area contributed by atoms with Crippen LogP contribution in [0.4, 0.5) is 4.79 Å². The van der Waals surface area contributed by atoms with E-state index in [1.165, 1.54) is 11.6 Å². The molecule has 5 heterocycles. The standard InChI is InChI=1S/C43H63N7O11/c1-11-32-43(8)37-25(4)34(44-16-17-50(37)41(55)61-43)23(2)19-42(7,57-10)38(26(5)35(52)27(6)39(54)59-32)60-40-36(53)31(18-24(3)58-40)48(9)20-28-12-14-29(15-13-28)30-21-49(47-45-30)22-33(51)46-56/h12-15,21,23-27,31-32,36-38,40,53,56H,11,16-20,22H2,1-10H3,(H,46,51)/t23-,24-,25+,26+,27-,31+,32-,36-,37-,38-,40+,42+,43-/m1/s1. The SMILES string of the molecule is CC[C@H]1OC(=O)[C@H](C)C(=O)[C@H](C)[C@@H](O[C@@H]2O[C@H](C)C[C@H](N(C)Cc3ccc(-c4cn(CC(=O)NO)nn4)cc3)[C@H]2O)[C@@](C)(OC)C[C@@H](C)C2=NCCN3C(=O)O[C@@]1(C)[C@H]3[C@H]2C. The van der Waals surface area contributed by atoms with Gasteiger partial charge in [0.15, 0.2) is 17.7 Å². The lowest BCUT2D eigenvalue weighted by Crippen LogP contribution is -2.60. The number of nitrogens with zero attached hydrogens (tertiary/aromatic N) is 6. The molecule has 3 saturated heterocycles. The number of cyclic esters (lactones) is 1. The Hall–Kier alpha value is -4.33. The molecule has 3 fully saturated rings. The number of ketones is 1. The molecule has 18 heteroatoms. The van der Waals surface area contributed by atoms with E-state index >= 15 is 0 Å². The first-order valence-electron chi connectivity index (χ1n) is 21.3. The van der Waals surface area contributed by atoms with E-state index < -0.39 is 83.5 Å². The maximum absolute atomic E-state index is 14.4. The van der Waals surface area contributed by atoms with Gasteiger partial charge in [-0.2, -0.15) is 0 Å². The molecule has 6 rings (SSSR count). The van der Waals surface area contributed by atoms with Crippen molar-refractivity contribution in [3.8, 4) is 11.3 Å². The number of hydroxylamine groups is 1. The zero-order valence-corrected chi connectivity index (χ0v) is 36.9. The monoisotopic (exact) mass is 853 g/mol. The van der Waals surface area contributed by atoms with Gasteiger partial charge in [0.2, 0.25) is 0 Å². The molecule has 2 bridgehead atoms. The van der Waals surface area contributed by atoms with E-state index in [4.69, 9.17) is 33.9 Å². The van der Waals surface area contributed by atoms with E-state index in [1.54, 1.807) is 30.6 Å². The highest BCUT2D eigenvalue weighted by Crippen LogP contribution is 2.44. The Morgan fingerprint density at radius 1 is 1.08 bits per heavy atom. The second-order valence-electron chi connectivity index (χ2n) is 17.8. The minimum absolute atomic E-state index is 0.176. The molecule has 0 unspecified atom stereocenters. The fraction of sp³-hybridized carbons (Fsp3) is 0.698. The number of rotatable bonds is 10. The number of benzene rings is 1. The van der Waals surface area contributed by atoms with Crippen LogP contribution in [-0.2, 0) is 51.2 Å². The minimum atomic E-state index is -1.20. The van der Waals surface area contributed by atoms with Gasteiger partial charge in [-0.3, -0.25) is 34.4 Å². The number of ether oxygens (including phenoxy) is 5. The number of aromatic nitrogens is 3. The zero-order valence-electron chi connectivity index (χ0n) is 36.9. The molecule has 1 aromatic heterocycles. The Balaban J connectivity index is 1.25. The van der Waals surface area contributed by atoms with Crippen molar-refractivity contribution in [2.45, 2.75) is 142 Å². The van der Waals surface area contributed by atoms with E-state index in [1.807, 2.05) is 70.8 Å². The lowest BCUT2D eigenvalue weighted by Gasteiger charge is -2.47. The lowest BCUT2D eigenvalue weighted by molar-refractivity contribution is -0.296. The van der Waals surface area contributed by atoms with Crippen LogP contribution in [0.25, 0.3) is 11.3 Å². The predicted molar refractivity (Wildman–Crippen MR) is 220 cm³/mol. The average molecular weight is 854 g/mol. The summed E-state index contributed by atoms with van der Waals surface area (Å²) in [6.07, 6.45) is -2.10. The Morgan fingerprint density at radius 3 is 2.44 bits per heavy atom. The quantitative estimate of drug-likeness (QED) is 0.135. The molecule has 13 atom stereocenters. The number of Topliss-reactive ketones (excluding diaryl/α,β-unsaturated/α-hetero) is 1. The predicted octanol–water partition coefficient (Wildman–Crippen LogP) is 3.41. The molecule has 61 heavy (non-hydrogen) atoms. The molecule has 4 aliphatic rings. The van der Waals surface area contributed by atoms with Crippen molar-refractivity contribution in [3.05, 3.63) is 36.0 Å².